The van der Waals surface area contributed by atoms with Gasteiger partial charge in [-0.25, -0.2) is 0 Å². The molecule has 0 fully saturated rings. The minimum atomic E-state index is 0.0928. The van der Waals surface area contributed by atoms with E-state index in [4.69, 9.17) is 4.74 Å². The molecule has 2 aromatic rings. The van der Waals surface area contributed by atoms with Crippen molar-refractivity contribution >= 4 is 33.5 Å². The lowest BCUT2D eigenvalue weighted by atomic mass is 10.2. The number of methoxy groups -OCH3 is 1. The molecule has 2 nitrogen and oxygen atoms in total. The van der Waals surface area contributed by atoms with Gasteiger partial charge in [0.1, 0.15) is 5.75 Å². The summed E-state index contributed by atoms with van der Waals surface area (Å²) < 4.78 is 6.40. The Morgan fingerprint density at radius 2 is 1.90 bits per heavy atom. The number of Topliss-reactive ketones (excluding diaryl/α,β-unsaturated/α-hetero) is 1. The van der Waals surface area contributed by atoms with Crippen LogP contribution in [-0.4, -0.2) is 12.9 Å². The van der Waals surface area contributed by atoms with Crippen LogP contribution in [0, 0.1) is 0 Å². The number of thioether (sulfide) groups is 1. The van der Waals surface area contributed by atoms with Gasteiger partial charge in [-0.2, -0.15) is 0 Å². The van der Waals surface area contributed by atoms with Crippen molar-refractivity contribution < 1.29 is 9.53 Å². The van der Waals surface area contributed by atoms with Crippen molar-refractivity contribution in [2.45, 2.75) is 17.6 Å². The number of hydrogen-bond acceptors (Lipinski definition) is 3. The smallest absolute Gasteiger partial charge is 0.159 e. The van der Waals surface area contributed by atoms with E-state index in [1.807, 2.05) is 36.4 Å². The van der Waals surface area contributed by atoms with Crippen LogP contribution in [0.2, 0.25) is 0 Å². The predicted octanol–water partition coefficient (Wildman–Crippen LogP) is 4.95. The Kier molecular flexibility index (Phi) is 5.26. The zero-order chi connectivity index (χ0) is 14.5. The van der Waals surface area contributed by atoms with Gasteiger partial charge in [0, 0.05) is 26.2 Å². The standard InChI is InChI=1S/C16H15BrO2S/c1-11(18)12-3-6-15(7-4-12)20-10-13-9-14(17)5-8-16(13)19-2/h3-9H,10H2,1-2H3. The van der Waals surface area contributed by atoms with Gasteiger partial charge < -0.3 is 4.74 Å². The SMILES string of the molecule is COc1ccc(Br)cc1CSc1ccc(C(C)=O)cc1. The number of ketones is 1. The van der Waals surface area contributed by atoms with Crippen molar-refractivity contribution in [3.8, 4) is 5.75 Å². The molecule has 0 aliphatic rings. The van der Waals surface area contributed by atoms with Crippen molar-refractivity contribution in [1.82, 2.24) is 0 Å². The van der Waals surface area contributed by atoms with Crippen LogP contribution in [0.1, 0.15) is 22.8 Å². The maximum atomic E-state index is 11.2. The van der Waals surface area contributed by atoms with E-state index >= 15 is 0 Å². The molecule has 0 amide bonds. The average Bonchev–Trinajstić information content (AvgIpc) is 2.45. The zero-order valence-electron chi connectivity index (χ0n) is 11.4. The summed E-state index contributed by atoms with van der Waals surface area (Å²) >= 11 is 5.19. The van der Waals surface area contributed by atoms with Gasteiger partial charge >= 0.3 is 0 Å². The van der Waals surface area contributed by atoms with E-state index in [0.29, 0.717) is 0 Å². The van der Waals surface area contributed by atoms with Gasteiger partial charge in [0.15, 0.2) is 5.78 Å². The third kappa shape index (κ3) is 3.87. The molecule has 4 heteroatoms. The third-order valence-corrected chi connectivity index (χ3v) is 4.45. The van der Waals surface area contributed by atoms with Crippen LogP contribution in [0.5, 0.6) is 5.75 Å². The molecule has 0 unspecified atom stereocenters. The largest absolute Gasteiger partial charge is 0.496 e. The Morgan fingerprint density at radius 3 is 2.50 bits per heavy atom. The van der Waals surface area contributed by atoms with Crippen molar-refractivity contribution in [3.05, 3.63) is 58.1 Å². The average molecular weight is 351 g/mol. The van der Waals surface area contributed by atoms with E-state index in [1.165, 1.54) is 0 Å². The summed E-state index contributed by atoms with van der Waals surface area (Å²) in [7, 11) is 1.68. The van der Waals surface area contributed by atoms with Crippen LogP contribution < -0.4 is 4.74 Å². The van der Waals surface area contributed by atoms with Crippen molar-refractivity contribution in [2.75, 3.05) is 7.11 Å². The van der Waals surface area contributed by atoms with Crippen LogP contribution in [0.25, 0.3) is 0 Å². The summed E-state index contributed by atoms with van der Waals surface area (Å²) in [6.07, 6.45) is 0. The summed E-state index contributed by atoms with van der Waals surface area (Å²) in [6, 6.07) is 13.7. The molecule has 0 saturated heterocycles. The van der Waals surface area contributed by atoms with E-state index < -0.39 is 0 Å². The highest BCUT2D eigenvalue weighted by Crippen LogP contribution is 2.30. The molecule has 0 bridgehead atoms. The molecule has 0 aliphatic carbocycles. The van der Waals surface area contributed by atoms with Crippen molar-refractivity contribution in [1.29, 1.82) is 0 Å². The minimum absolute atomic E-state index is 0.0928. The number of benzene rings is 2. The van der Waals surface area contributed by atoms with Crippen LogP contribution in [0.4, 0.5) is 0 Å². The molecule has 20 heavy (non-hydrogen) atoms. The Balaban J connectivity index is 2.08. The van der Waals surface area contributed by atoms with Crippen LogP contribution in [0.3, 0.4) is 0 Å². The second-order valence-corrected chi connectivity index (χ2v) is 6.29. The summed E-state index contributed by atoms with van der Waals surface area (Å²) in [6.45, 7) is 1.58. The van der Waals surface area contributed by atoms with E-state index in [0.717, 1.165) is 32.0 Å². The number of halogens is 1. The molecule has 2 rings (SSSR count). The quantitative estimate of drug-likeness (QED) is 0.563. The fraction of sp³-hybridized carbons (Fsp3) is 0.188. The van der Waals surface area contributed by atoms with Gasteiger partial charge in [-0.05, 0) is 37.3 Å². The Hall–Kier alpha value is -1.26. The summed E-state index contributed by atoms with van der Waals surface area (Å²) in [5.41, 5.74) is 1.89. The highest BCUT2D eigenvalue weighted by Gasteiger charge is 2.05. The van der Waals surface area contributed by atoms with E-state index in [9.17, 15) is 4.79 Å². The first-order valence-electron chi connectivity index (χ1n) is 6.16. The molecule has 104 valence electrons. The lowest BCUT2D eigenvalue weighted by molar-refractivity contribution is 0.101. The molecule has 0 atom stereocenters. The maximum Gasteiger partial charge on any atom is 0.159 e. The first-order valence-corrected chi connectivity index (χ1v) is 7.94. The lowest BCUT2D eigenvalue weighted by Crippen LogP contribution is -1.92. The van der Waals surface area contributed by atoms with E-state index in [1.54, 1.807) is 25.8 Å². The Labute approximate surface area is 131 Å². The molecule has 0 saturated carbocycles. The molecule has 0 heterocycles. The topological polar surface area (TPSA) is 26.3 Å². The minimum Gasteiger partial charge on any atom is -0.496 e. The summed E-state index contributed by atoms with van der Waals surface area (Å²) in [5.74, 6) is 1.80. The maximum absolute atomic E-state index is 11.2. The fourth-order valence-electron chi connectivity index (χ4n) is 1.81. The first-order chi connectivity index (χ1) is 9.60. The molecule has 0 N–H and O–H groups in total. The second-order valence-electron chi connectivity index (χ2n) is 4.33. The Morgan fingerprint density at radius 1 is 1.20 bits per heavy atom. The van der Waals surface area contributed by atoms with Crippen LogP contribution in [-0.2, 0) is 5.75 Å². The lowest BCUT2D eigenvalue weighted by Gasteiger charge is -2.09. The van der Waals surface area contributed by atoms with Gasteiger partial charge in [-0.3, -0.25) is 4.79 Å². The van der Waals surface area contributed by atoms with Crippen LogP contribution in [0.15, 0.2) is 51.8 Å². The van der Waals surface area contributed by atoms with Gasteiger partial charge in [0.05, 0.1) is 7.11 Å². The van der Waals surface area contributed by atoms with Gasteiger partial charge in [-0.1, -0.05) is 28.1 Å². The third-order valence-electron chi connectivity index (χ3n) is 2.90. The molecule has 0 aromatic heterocycles. The van der Waals surface area contributed by atoms with E-state index in [2.05, 4.69) is 22.0 Å². The number of rotatable bonds is 5. The molecular formula is C16H15BrO2S. The van der Waals surface area contributed by atoms with E-state index in [-0.39, 0.29) is 5.78 Å². The van der Waals surface area contributed by atoms with Gasteiger partial charge in [-0.15, -0.1) is 11.8 Å². The fourth-order valence-corrected chi connectivity index (χ4v) is 3.09. The Bertz CT molecular complexity index is 608. The zero-order valence-corrected chi connectivity index (χ0v) is 13.8. The van der Waals surface area contributed by atoms with Crippen LogP contribution >= 0.6 is 27.7 Å². The number of ether oxygens (including phenoxy) is 1. The summed E-state index contributed by atoms with van der Waals surface area (Å²) in [5, 5.41) is 0. The monoisotopic (exact) mass is 350 g/mol. The predicted molar refractivity (Wildman–Crippen MR) is 86.7 cm³/mol. The highest BCUT2D eigenvalue weighted by molar-refractivity contribution is 9.10. The molecule has 0 aliphatic heterocycles. The highest BCUT2D eigenvalue weighted by atomic mass is 79.9. The van der Waals surface area contributed by atoms with Gasteiger partial charge in [0.25, 0.3) is 0 Å². The first kappa shape index (κ1) is 15.1. The van der Waals surface area contributed by atoms with Crippen molar-refractivity contribution in [2.24, 2.45) is 0 Å². The molecule has 2 aromatic carbocycles. The molecule has 0 spiro atoms. The normalized spacial score (nSPS) is 10.3. The molecule has 0 radical (unpaired) electrons. The second kappa shape index (κ2) is 6.95. The number of carbonyl (C=O) groups is 1. The number of carbonyl (C=O) groups excluding carboxylic acids is 1. The number of hydrogen-bond donors (Lipinski definition) is 0. The van der Waals surface area contributed by atoms with Gasteiger partial charge in [0.2, 0.25) is 0 Å². The summed E-state index contributed by atoms with van der Waals surface area (Å²) in [4.78, 5) is 12.4. The van der Waals surface area contributed by atoms with Crippen molar-refractivity contribution in [3.63, 3.8) is 0 Å². The molecular weight excluding hydrogens is 336 g/mol.